The van der Waals surface area contributed by atoms with Crippen LogP contribution < -0.4 is 0 Å². The zero-order valence-electron chi connectivity index (χ0n) is 9.00. The Bertz CT molecular complexity index is 353. The zero-order chi connectivity index (χ0) is 11.4. The Morgan fingerprint density at radius 2 is 2.12 bits per heavy atom. The highest BCUT2D eigenvalue weighted by atomic mass is 16.7. The number of rotatable bonds is 5. The number of hydrogen-bond acceptors (Lipinski definition) is 3. The Balaban J connectivity index is 1.83. The van der Waals surface area contributed by atoms with Crippen molar-refractivity contribution in [3.63, 3.8) is 0 Å². The zero-order valence-corrected chi connectivity index (χ0v) is 9.00. The predicted molar refractivity (Wildman–Crippen MR) is 58.2 cm³/mol. The quantitative estimate of drug-likeness (QED) is 0.757. The minimum atomic E-state index is -0.00520. The lowest BCUT2D eigenvalue weighted by Gasteiger charge is -2.38. The molecule has 0 saturated carbocycles. The summed E-state index contributed by atoms with van der Waals surface area (Å²) >= 11 is 0. The molecule has 86 valence electrons. The molecule has 1 atom stereocenters. The van der Waals surface area contributed by atoms with Crippen LogP contribution in [0.1, 0.15) is 18.4 Å². The van der Waals surface area contributed by atoms with Crippen molar-refractivity contribution in [3.8, 4) is 0 Å². The van der Waals surface area contributed by atoms with E-state index >= 15 is 0 Å². The maximum absolute atomic E-state index is 11.3. The van der Waals surface area contributed by atoms with Gasteiger partial charge in [0, 0.05) is 6.61 Å². The van der Waals surface area contributed by atoms with E-state index in [2.05, 4.69) is 0 Å². The van der Waals surface area contributed by atoms with Crippen molar-refractivity contribution >= 4 is 5.91 Å². The summed E-state index contributed by atoms with van der Waals surface area (Å²) in [7, 11) is 0. The summed E-state index contributed by atoms with van der Waals surface area (Å²) in [6.07, 6.45) is 1.07. The second-order valence-electron chi connectivity index (χ2n) is 3.85. The molecule has 0 aromatic heterocycles. The van der Waals surface area contributed by atoms with Crippen LogP contribution in [0.3, 0.4) is 0 Å². The fraction of sp³-hybridized carbons (Fsp3) is 0.417. The number of aliphatic hydroxyl groups is 1. The normalized spacial score (nSPS) is 19.7. The summed E-state index contributed by atoms with van der Waals surface area (Å²) in [5.74, 6) is -0.00520. The molecule has 0 radical (unpaired) electrons. The van der Waals surface area contributed by atoms with E-state index < -0.39 is 0 Å². The third-order valence-electron chi connectivity index (χ3n) is 2.66. The van der Waals surface area contributed by atoms with Crippen molar-refractivity contribution < 1.29 is 14.7 Å². The number of carbonyl (C=O) groups excluding carboxylic acids is 1. The first-order valence-corrected chi connectivity index (χ1v) is 5.41. The topological polar surface area (TPSA) is 49.8 Å². The number of β-lactam (4-membered cyclic amide) rings is 1. The van der Waals surface area contributed by atoms with Gasteiger partial charge in [-0.25, -0.2) is 5.06 Å². The lowest BCUT2D eigenvalue weighted by Crippen LogP contribution is -2.52. The summed E-state index contributed by atoms with van der Waals surface area (Å²) in [4.78, 5) is 16.7. The Hall–Kier alpha value is -1.39. The van der Waals surface area contributed by atoms with Crippen LogP contribution in [-0.2, 0) is 16.2 Å². The number of benzene rings is 1. The first-order valence-electron chi connectivity index (χ1n) is 5.41. The average Bonchev–Trinajstić information content (AvgIpc) is 2.30. The van der Waals surface area contributed by atoms with Crippen LogP contribution in [0.2, 0.25) is 0 Å². The third kappa shape index (κ3) is 2.40. The lowest BCUT2D eigenvalue weighted by atomic mass is 10.0. The van der Waals surface area contributed by atoms with E-state index in [0.717, 1.165) is 5.56 Å². The molecule has 1 amide bonds. The van der Waals surface area contributed by atoms with Gasteiger partial charge in [0.1, 0.15) is 6.61 Å². The van der Waals surface area contributed by atoms with E-state index in [0.29, 0.717) is 19.4 Å². The lowest BCUT2D eigenvalue weighted by molar-refractivity contribution is -0.234. The summed E-state index contributed by atoms with van der Waals surface area (Å²) in [5.41, 5.74) is 1.03. The molecular formula is C12H15NO3. The number of amides is 1. The van der Waals surface area contributed by atoms with Crippen LogP contribution >= 0.6 is 0 Å². The van der Waals surface area contributed by atoms with Crippen molar-refractivity contribution in [2.45, 2.75) is 25.5 Å². The van der Waals surface area contributed by atoms with E-state index in [-0.39, 0.29) is 18.6 Å². The summed E-state index contributed by atoms with van der Waals surface area (Å²) in [6.45, 7) is 0.484. The highest BCUT2D eigenvalue weighted by Gasteiger charge is 2.36. The molecule has 4 heteroatoms. The van der Waals surface area contributed by atoms with Gasteiger partial charge < -0.3 is 5.11 Å². The summed E-state index contributed by atoms with van der Waals surface area (Å²) < 4.78 is 0. The fourth-order valence-electron chi connectivity index (χ4n) is 1.73. The molecule has 1 aliphatic rings. The minimum absolute atomic E-state index is 0.00520. The molecule has 0 spiro atoms. The predicted octanol–water partition coefficient (Wildman–Crippen LogP) is 1.10. The number of hydrogen-bond donors (Lipinski definition) is 1. The van der Waals surface area contributed by atoms with Crippen molar-refractivity contribution in [1.29, 1.82) is 0 Å². The highest BCUT2D eigenvalue weighted by molar-refractivity contribution is 5.81. The molecule has 1 saturated heterocycles. The number of aliphatic hydroxyl groups excluding tert-OH is 1. The van der Waals surface area contributed by atoms with Gasteiger partial charge in [0.05, 0.1) is 12.5 Å². The van der Waals surface area contributed by atoms with Crippen LogP contribution in [0.25, 0.3) is 0 Å². The van der Waals surface area contributed by atoms with Gasteiger partial charge in [-0.2, -0.15) is 0 Å². The van der Waals surface area contributed by atoms with Crippen LogP contribution in [0, 0.1) is 0 Å². The molecule has 16 heavy (non-hydrogen) atoms. The van der Waals surface area contributed by atoms with E-state index in [1.165, 1.54) is 5.06 Å². The monoisotopic (exact) mass is 221 g/mol. The standard InChI is InChI=1S/C12H15NO3/c14-7-6-11-8-12(15)13(11)16-9-10-4-2-1-3-5-10/h1-5,11,14H,6-9H2. The average molecular weight is 221 g/mol. The van der Waals surface area contributed by atoms with Gasteiger partial charge in [-0.3, -0.25) is 9.63 Å². The summed E-state index contributed by atoms with van der Waals surface area (Å²) in [5, 5.41) is 10.2. The van der Waals surface area contributed by atoms with Crippen LogP contribution in [0.15, 0.2) is 30.3 Å². The van der Waals surface area contributed by atoms with Crippen molar-refractivity contribution in [2.75, 3.05) is 6.61 Å². The number of hydroxylamine groups is 2. The molecule has 1 aromatic rings. The van der Waals surface area contributed by atoms with E-state index in [9.17, 15) is 4.79 Å². The van der Waals surface area contributed by atoms with Gasteiger partial charge in [-0.05, 0) is 12.0 Å². The van der Waals surface area contributed by atoms with Crippen molar-refractivity contribution in [1.82, 2.24) is 5.06 Å². The van der Waals surface area contributed by atoms with E-state index in [1.54, 1.807) is 0 Å². The summed E-state index contributed by atoms with van der Waals surface area (Å²) in [6, 6.07) is 9.74. The smallest absolute Gasteiger partial charge is 0.248 e. The first-order chi connectivity index (χ1) is 7.81. The molecule has 2 rings (SSSR count). The number of carbonyl (C=O) groups is 1. The molecule has 1 N–H and O–H groups in total. The maximum Gasteiger partial charge on any atom is 0.248 e. The van der Waals surface area contributed by atoms with Crippen LogP contribution in [-0.4, -0.2) is 28.7 Å². The Morgan fingerprint density at radius 3 is 2.75 bits per heavy atom. The van der Waals surface area contributed by atoms with Crippen LogP contribution in [0.4, 0.5) is 0 Å². The Kier molecular flexibility index (Phi) is 3.54. The first kappa shape index (κ1) is 11.1. The van der Waals surface area contributed by atoms with Gasteiger partial charge in [0.15, 0.2) is 0 Å². The van der Waals surface area contributed by atoms with E-state index in [1.807, 2.05) is 30.3 Å². The molecule has 1 aliphatic heterocycles. The van der Waals surface area contributed by atoms with Crippen molar-refractivity contribution in [2.24, 2.45) is 0 Å². The minimum Gasteiger partial charge on any atom is -0.396 e. The Labute approximate surface area is 94.4 Å². The molecule has 0 aliphatic carbocycles. The SMILES string of the molecule is O=C1CC(CCO)N1OCc1ccccc1. The second kappa shape index (κ2) is 5.09. The van der Waals surface area contributed by atoms with Crippen molar-refractivity contribution in [3.05, 3.63) is 35.9 Å². The molecule has 1 aromatic carbocycles. The maximum atomic E-state index is 11.3. The third-order valence-corrected chi connectivity index (χ3v) is 2.66. The second-order valence-corrected chi connectivity index (χ2v) is 3.85. The molecule has 1 heterocycles. The molecule has 1 unspecified atom stereocenters. The molecule has 0 bridgehead atoms. The van der Waals surface area contributed by atoms with Crippen LogP contribution in [0.5, 0.6) is 0 Å². The highest BCUT2D eigenvalue weighted by Crippen LogP contribution is 2.23. The molecule has 4 nitrogen and oxygen atoms in total. The number of nitrogens with zero attached hydrogens (tertiary/aromatic N) is 1. The Morgan fingerprint density at radius 1 is 1.38 bits per heavy atom. The van der Waals surface area contributed by atoms with Gasteiger partial charge in [-0.1, -0.05) is 30.3 Å². The molecule has 1 fully saturated rings. The van der Waals surface area contributed by atoms with E-state index in [4.69, 9.17) is 9.94 Å². The van der Waals surface area contributed by atoms with Gasteiger partial charge >= 0.3 is 0 Å². The molecular weight excluding hydrogens is 206 g/mol. The fourth-order valence-corrected chi connectivity index (χ4v) is 1.73. The van der Waals surface area contributed by atoms with Gasteiger partial charge in [-0.15, -0.1) is 0 Å². The van der Waals surface area contributed by atoms with Gasteiger partial charge in [0.25, 0.3) is 0 Å². The largest absolute Gasteiger partial charge is 0.396 e. The van der Waals surface area contributed by atoms with Gasteiger partial charge in [0.2, 0.25) is 5.91 Å².